The highest BCUT2D eigenvalue weighted by atomic mass is 19.1. The van der Waals surface area contributed by atoms with E-state index < -0.39 is 6.04 Å². The van der Waals surface area contributed by atoms with E-state index in [1.54, 1.807) is 7.11 Å². The number of hydrogen-bond acceptors (Lipinski definition) is 3. The molecule has 3 atom stereocenters. The summed E-state index contributed by atoms with van der Waals surface area (Å²) in [5.74, 6) is -0.650. The Bertz CT molecular complexity index is 702. The number of carbonyl (C=O) groups is 1. The van der Waals surface area contributed by atoms with Crippen LogP contribution in [0.1, 0.15) is 28.8 Å². The van der Waals surface area contributed by atoms with E-state index in [1.807, 2.05) is 24.3 Å². The molecule has 3 rings (SSSR count). The Hall–Kier alpha value is -2.24. The van der Waals surface area contributed by atoms with Crippen molar-refractivity contribution in [2.75, 3.05) is 7.11 Å². The van der Waals surface area contributed by atoms with Gasteiger partial charge in [0.25, 0.3) is 0 Å². The Morgan fingerprint density at radius 3 is 2.65 bits per heavy atom. The summed E-state index contributed by atoms with van der Waals surface area (Å²) in [6, 6.07) is 12.6. The Morgan fingerprint density at radius 2 is 1.96 bits per heavy atom. The van der Waals surface area contributed by atoms with Crippen molar-refractivity contribution in [2.24, 2.45) is 5.73 Å². The maximum absolute atomic E-state index is 13.0. The molecule has 0 saturated heterocycles. The molecular weight excluding hydrogens is 295 g/mol. The fraction of sp³-hybridized carbons (Fsp3) is 0.278. The number of fused-ring (bicyclic) bond motifs is 1. The number of carbonyl (C=O) groups excluding carboxylic acids is 1. The number of halogens is 1. The molecule has 0 spiro atoms. The van der Waals surface area contributed by atoms with E-state index in [0.717, 1.165) is 5.56 Å². The van der Waals surface area contributed by atoms with Crippen LogP contribution < -0.4 is 11.1 Å². The van der Waals surface area contributed by atoms with E-state index in [-0.39, 0.29) is 23.9 Å². The van der Waals surface area contributed by atoms with Gasteiger partial charge in [0.05, 0.1) is 6.04 Å². The predicted molar refractivity (Wildman–Crippen MR) is 85.2 cm³/mol. The molecule has 0 heterocycles. The van der Waals surface area contributed by atoms with Crippen molar-refractivity contribution >= 4 is 5.91 Å². The highest BCUT2D eigenvalue weighted by molar-refractivity contribution is 5.83. The lowest BCUT2D eigenvalue weighted by Gasteiger charge is -2.22. The first-order valence-electron chi connectivity index (χ1n) is 7.52. The quantitative estimate of drug-likeness (QED) is 0.910. The minimum absolute atomic E-state index is 0.156. The van der Waals surface area contributed by atoms with Gasteiger partial charge >= 0.3 is 0 Å². The van der Waals surface area contributed by atoms with Crippen LogP contribution in [0.4, 0.5) is 4.39 Å². The summed E-state index contributed by atoms with van der Waals surface area (Å²) < 4.78 is 18.5. The fourth-order valence-corrected chi connectivity index (χ4v) is 3.07. The maximum Gasteiger partial charge on any atom is 0.241 e. The molecule has 4 nitrogen and oxygen atoms in total. The first-order chi connectivity index (χ1) is 11.1. The highest BCUT2D eigenvalue weighted by Gasteiger charge is 2.34. The van der Waals surface area contributed by atoms with Gasteiger partial charge in [-0.3, -0.25) is 4.79 Å². The van der Waals surface area contributed by atoms with Crippen molar-refractivity contribution < 1.29 is 13.9 Å². The molecule has 2 aromatic rings. The number of nitrogens with two attached hydrogens (primary N) is 1. The monoisotopic (exact) mass is 314 g/mol. The second-order valence-corrected chi connectivity index (χ2v) is 5.70. The summed E-state index contributed by atoms with van der Waals surface area (Å²) in [6.07, 6.45) is 0.520. The molecule has 1 amide bonds. The normalized spacial score (nSPS) is 20.8. The number of rotatable bonds is 4. The molecule has 3 N–H and O–H groups in total. The molecule has 2 unspecified atom stereocenters. The van der Waals surface area contributed by atoms with E-state index >= 15 is 0 Å². The van der Waals surface area contributed by atoms with Gasteiger partial charge in [-0.25, -0.2) is 4.39 Å². The van der Waals surface area contributed by atoms with Gasteiger partial charge in [0, 0.05) is 7.11 Å². The summed E-state index contributed by atoms with van der Waals surface area (Å²) in [5, 5.41) is 2.96. The summed E-state index contributed by atoms with van der Waals surface area (Å²) in [7, 11) is 1.63. The third kappa shape index (κ3) is 3.11. The van der Waals surface area contributed by atoms with Gasteiger partial charge in [-0.1, -0.05) is 36.4 Å². The van der Waals surface area contributed by atoms with E-state index in [4.69, 9.17) is 10.5 Å². The minimum atomic E-state index is -0.836. The van der Waals surface area contributed by atoms with Crippen molar-refractivity contribution in [1.29, 1.82) is 0 Å². The molecule has 1 aliphatic carbocycles. The van der Waals surface area contributed by atoms with Crippen LogP contribution in [-0.4, -0.2) is 19.1 Å². The van der Waals surface area contributed by atoms with Crippen LogP contribution in [0.2, 0.25) is 0 Å². The average Bonchev–Trinajstić information content (AvgIpc) is 2.91. The molecule has 120 valence electrons. The van der Waals surface area contributed by atoms with Gasteiger partial charge in [-0.2, -0.15) is 0 Å². The van der Waals surface area contributed by atoms with E-state index in [1.165, 1.54) is 29.8 Å². The lowest BCUT2D eigenvalue weighted by atomic mass is 10.1. The summed E-state index contributed by atoms with van der Waals surface area (Å²) >= 11 is 0. The SMILES string of the molecule is COC1c2ccccc2CC1NC(=O)[C@@H](N)c1ccc(F)cc1. The number of methoxy groups -OCH3 is 1. The number of hydrogen-bond donors (Lipinski definition) is 2. The zero-order chi connectivity index (χ0) is 16.4. The molecule has 0 bridgehead atoms. The van der Waals surface area contributed by atoms with Crippen LogP contribution in [0, 0.1) is 5.82 Å². The fourth-order valence-electron chi connectivity index (χ4n) is 3.07. The average molecular weight is 314 g/mol. The van der Waals surface area contributed by atoms with Crippen molar-refractivity contribution in [3.05, 3.63) is 71.0 Å². The molecule has 0 aliphatic heterocycles. The van der Waals surface area contributed by atoms with Crippen LogP contribution in [-0.2, 0) is 16.0 Å². The molecule has 5 heteroatoms. The number of nitrogens with one attached hydrogen (secondary N) is 1. The van der Waals surface area contributed by atoms with Gasteiger partial charge < -0.3 is 15.8 Å². The summed E-state index contributed by atoms with van der Waals surface area (Å²) in [4.78, 5) is 12.4. The Balaban J connectivity index is 1.72. The van der Waals surface area contributed by atoms with Gasteiger partial charge in [0.1, 0.15) is 18.0 Å². The molecule has 1 aliphatic rings. The minimum Gasteiger partial charge on any atom is -0.375 e. The molecule has 0 aromatic heterocycles. The van der Waals surface area contributed by atoms with Gasteiger partial charge in [0.15, 0.2) is 0 Å². The van der Waals surface area contributed by atoms with E-state index in [9.17, 15) is 9.18 Å². The van der Waals surface area contributed by atoms with Crippen molar-refractivity contribution in [3.8, 4) is 0 Å². The smallest absolute Gasteiger partial charge is 0.241 e. The Kier molecular flexibility index (Phi) is 4.41. The Morgan fingerprint density at radius 1 is 1.26 bits per heavy atom. The van der Waals surface area contributed by atoms with Crippen molar-refractivity contribution in [1.82, 2.24) is 5.32 Å². The van der Waals surface area contributed by atoms with Crippen molar-refractivity contribution in [3.63, 3.8) is 0 Å². The number of amides is 1. The topological polar surface area (TPSA) is 64.3 Å². The molecule has 0 saturated carbocycles. The summed E-state index contributed by atoms with van der Waals surface area (Å²) in [6.45, 7) is 0. The third-order valence-electron chi connectivity index (χ3n) is 4.26. The number of ether oxygens (including phenoxy) is 1. The predicted octanol–water partition coefficient (Wildman–Crippen LogP) is 2.25. The molecule has 0 fully saturated rings. The van der Waals surface area contributed by atoms with E-state index in [0.29, 0.717) is 12.0 Å². The van der Waals surface area contributed by atoms with Crippen LogP contribution >= 0.6 is 0 Å². The van der Waals surface area contributed by atoms with Crippen LogP contribution in [0.3, 0.4) is 0 Å². The highest BCUT2D eigenvalue weighted by Crippen LogP contribution is 2.33. The second kappa shape index (κ2) is 6.48. The van der Waals surface area contributed by atoms with Gasteiger partial charge in [0.2, 0.25) is 5.91 Å². The number of benzene rings is 2. The largest absolute Gasteiger partial charge is 0.375 e. The Labute approximate surface area is 134 Å². The maximum atomic E-state index is 13.0. The van der Waals surface area contributed by atoms with E-state index in [2.05, 4.69) is 5.32 Å². The van der Waals surface area contributed by atoms with Crippen LogP contribution in [0.5, 0.6) is 0 Å². The van der Waals surface area contributed by atoms with Crippen molar-refractivity contribution in [2.45, 2.75) is 24.6 Å². The van der Waals surface area contributed by atoms with Crippen LogP contribution in [0.15, 0.2) is 48.5 Å². The lowest BCUT2D eigenvalue weighted by molar-refractivity contribution is -0.124. The van der Waals surface area contributed by atoms with Gasteiger partial charge in [-0.15, -0.1) is 0 Å². The van der Waals surface area contributed by atoms with Gasteiger partial charge in [-0.05, 0) is 35.2 Å². The molecule has 0 radical (unpaired) electrons. The molecule has 2 aromatic carbocycles. The van der Waals surface area contributed by atoms with Crippen LogP contribution in [0.25, 0.3) is 0 Å². The third-order valence-corrected chi connectivity index (χ3v) is 4.26. The lowest BCUT2D eigenvalue weighted by Crippen LogP contribution is -2.43. The first-order valence-corrected chi connectivity index (χ1v) is 7.52. The summed E-state index contributed by atoms with van der Waals surface area (Å²) in [5.41, 5.74) is 8.82. The second-order valence-electron chi connectivity index (χ2n) is 5.70. The first kappa shape index (κ1) is 15.6. The zero-order valence-electron chi connectivity index (χ0n) is 12.8. The molecular formula is C18H19FN2O2. The molecule has 23 heavy (non-hydrogen) atoms. The standard InChI is InChI=1S/C18H19FN2O2/c1-23-17-14-5-3-2-4-12(14)10-15(17)21-18(22)16(20)11-6-8-13(19)9-7-11/h2-9,15-17H,10,20H2,1H3,(H,21,22)/t15?,16-,17?/m0/s1. The zero-order valence-corrected chi connectivity index (χ0v) is 12.8.